The van der Waals surface area contributed by atoms with Gasteiger partial charge in [0.15, 0.2) is 0 Å². The molecule has 136 valence electrons. The maximum Gasteiger partial charge on any atom is 0.416 e. The Hall–Kier alpha value is -2.50. The Morgan fingerprint density at radius 3 is 2.31 bits per heavy atom. The molecule has 1 aliphatic rings. The van der Waals surface area contributed by atoms with E-state index >= 15 is 0 Å². The van der Waals surface area contributed by atoms with E-state index in [0.717, 1.165) is 48.9 Å². The summed E-state index contributed by atoms with van der Waals surface area (Å²) in [7, 11) is 0. The maximum absolute atomic E-state index is 13.1. The van der Waals surface area contributed by atoms with Gasteiger partial charge in [-0.1, -0.05) is 19.3 Å². The normalized spacial score (nSPS) is 16.3. The fourth-order valence-electron chi connectivity index (χ4n) is 3.82. The molecule has 3 nitrogen and oxygen atoms in total. The van der Waals surface area contributed by atoms with Crippen LogP contribution < -0.4 is 5.73 Å². The predicted molar refractivity (Wildman–Crippen MR) is 96.7 cm³/mol. The molecule has 2 N–H and O–H groups in total. The van der Waals surface area contributed by atoms with Crippen molar-refractivity contribution in [1.82, 2.24) is 9.55 Å². The van der Waals surface area contributed by atoms with Crippen LogP contribution in [0.25, 0.3) is 22.4 Å². The summed E-state index contributed by atoms with van der Waals surface area (Å²) in [4.78, 5) is 4.58. The molecule has 0 saturated heterocycles. The van der Waals surface area contributed by atoms with Crippen molar-refractivity contribution < 1.29 is 13.2 Å². The van der Waals surface area contributed by atoms with Crippen molar-refractivity contribution >= 4 is 16.7 Å². The number of anilines is 1. The molecular weight excluding hydrogens is 339 g/mol. The second-order valence-corrected chi connectivity index (χ2v) is 6.92. The first-order valence-electron chi connectivity index (χ1n) is 8.88. The van der Waals surface area contributed by atoms with Crippen molar-refractivity contribution in [1.29, 1.82) is 0 Å². The van der Waals surface area contributed by atoms with Crippen LogP contribution in [0.5, 0.6) is 0 Å². The number of rotatable bonds is 2. The van der Waals surface area contributed by atoms with Crippen LogP contribution in [0.15, 0.2) is 42.5 Å². The van der Waals surface area contributed by atoms with E-state index in [9.17, 15) is 13.2 Å². The second-order valence-electron chi connectivity index (χ2n) is 6.92. The Bertz CT molecular complexity index is 920. The molecule has 0 radical (unpaired) electrons. The number of benzene rings is 2. The van der Waals surface area contributed by atoms with Gasteiger partial charge in [-0.05, 0) is 55.3 Å². The Morgan fingerprint density at radius 1 is 0.962 bits per heavy atom. The minimum Gasteiger partial charge on any atom is -0.399 e. The summed E-state index contributed by atoms with van der Waals surface area (Å²) in [5, 5.41) is 0. The lowest BCUT2D eigenvalue weighted by Crippen LogP contribution is -2.14. The lowest BCUT2D eigenvalue weighted by Gasteiger charge is -2.25. The zero-order valence-electron chi connectivity index (χ0n) is 14.3. The predicted octanol–water partition coefficient (Wildman–Crippen LogP) is 5.81. The van der Waals surface area contributed by atoms with E-state index in [1.165, 1.54) is 6.42 Å². The van der Waals surface area contributed by atoms with E-state index < -0.39 is 11.7 Å². The van der Waals surface area contributed by atoms with Gasteiger partial charge in [0.2, 0.25) is 0 Å². The number of aromatic nitrogens is 2. The topological polar surface area (TPSA) is 43.8 Å². The highest BCUT2D eigenvalue weighted by Crippen LogP contribution is 2.38. The molecule has 1 aliphatic carbocycles. The highest BCUT2D eigenvalue weighted by atomic mass is 19.4. The number of imidazole rings is 1. The summed E-state index contributed by atoms with van der Waals surface area (Å²) in [5.41, 5.74) is 7.78. The molecule has 1 aromatic heterocycles. The minimum absolute atomic E-state index is 0.262. The smallest absolute Gasteiger partial charge is 0.399 e. The van der Waals surface area contributed by atoms with E-state index in [1.807, 2.05) is 12.1 Å². The summed E-state index contributed by atoms with van der Waals surface area (Å²) in [5.74, 6) is 0.714. The van der Waals surface area contributed by atoms with Crippen molar-refractivity contribution in [3.63, 3.8) is 0 Å². The summed E-state index contributed by atoms with van der Waals surface area (Å²) < 4.78 is 41.4. The number of alkyl halides is 3. The zero-order chi connectivity index (χ0) is 18.3. The molecule has 0 aliphatic heterocycles. The van der Waals surface area contributed by atoms with Crippen LogP contribution in [0.2, 0.25) is 0 Å². The third kappa shape index (κ3) is 3.04. The van der Waals surface area contributed by atoms with E-state index in [1.54, 1.807) is 18.2 Å². The third-order valence-electron chi connectivity index (χ3n) is 5.13. The molecule has 2 aromatic carbocycles. The standard InChI is InChI=1S/C20H20F3N3/c21-20(22,23)14-8-11-18-17(12-14)25-19(13-6-9-15(24)10-7-13)26(18)16-4-2-1-3-5-16/h6-12,16H,1-5,24H2. The Kier molecular flexibility index (Phi) is 4.13. The van der Waals surface area contributed by atoms with E-state index in [0.29, 0.717) is 17.0 Å². The van der Waals surface area contributed by atoms with Gasteiger partial charge in [0.1, 0.15) is 5.82 Å². The number of hydrogen-bond donors (Lipinski definition) is 1. The first kappa shape index (κ1) is 16.9. The number of nitrogens with zero attached hydrogens (tertiary/aromatic N) is 2. The quantitative estimate of drug-likeness (QED) is 0.587. The maximum atomic E-state index is 13.1. The van der Waals surface area contributed by atoms with Crippen molar-refractivity contribution in [3.8, 4) is 11.4 Å². The van der Waals surface area contributed by atoms with E-state index in [4.69, 9.17) is 5.73 Å². The summed E-state index contributed by atoms with van der Waals surface area (Å²) in [6.45, 7) is 0. The SMILES string of the molecule is Nc1ccc(-c2nc3cc(C(F)(F)F)ccc3n2C2CCCCC2)cc1. The average molecular weight is 359 g/mol. The second kappa shape index (κ2) is 6.34. The average Bonchev–Trinajstić information content (AvgIpc) is 3.01. The van der Waals surface area contributed by atoms with Crippen LogP contribution in [-0.2, 0) is 6.18 Å². The number of nitrogens with two attached hydrogens (primary N) is 1. The van der Waals surface area contributed by atoms with Gasteiger partial charge in [-0.25, -0.2) is 4.98 Å². The molecule has 1 saturated carbocycles. The molecule has 0 spiro atoms. The van der Waals surface area contributed by atoms with Crippen LogP contribution in [0, 0.1) is 0 Å². The van der Waals surface area contributed by atoms with Crippen LogP contribution in [0.4, 0.5) is 18.9 Å². The molecule has 0 bridgehead atoms. The van der Waals surface area contributed by atoms with Crippen LogP contribution in [0.1, 0.15) is 43.7 Å². The molecule has 1 heterocycles. The third-order valence-corrected chi connectivity index (χ3v) is 5.13. The lowest BCUT2D eigenvalue weighted by atomic mass is 9.94. The van der Waals surface area contributed by atoms with Gasteiger partial charge < -0.3 is 10.3 Å². The summed E-state index contributed by atoms with van der Waals surface area (Å²) in [6, 6.07) is 11.5. The lowest BCUT2D eigenvalue weighted by molar-refractivity contribution is -0.137. The molecule has 26 heavy (non-hydrogen) atoms. The Labute approximate surface area is 149 Å². The largest absolute Gasteiger partial charge is 0.416 e. The molecule has 0 unspecified atom stereocenters. The Morgan fingerprint density at radius 2 is 1.65 bits per heavy atom. The molecule has 1 fully saturated rings. The summed E-state index contributed by atoms with van der Waals surface area (Å²) in [6.07, 6.45) is 1.14. The Balaban J connectivity index is 1.91. The number of fused-ring (bicyclic) bond motifs is 1. The molecule has 0 atom stereocenters. The molecule has 4 rings (SSSR count). The van der Waals surface area contributed by atoms with Crippen LogP contribution in [0.3, 0.4) is 0 Å². The monoisotopic (exact) mass is 359 g/mol. The fourth-order valence-corrected chi connectivity index (χ4v) is 3.82. The van der Waals surface area contributed by atoms with Gasteiger partial charge in [-0.3, -0.25) is 0 Å². The first-order chi connectivity index (χ1) is 12.4. The van der Waals surface area contributed by atoms with Gasteiger partial charge >= 0.3 is 6.18 Å². The van der Waals surface area contributed by atoms with Crippen molar-refractivity contribution in [3.05, 3.63) is 48.0 Å². The number of halogens is 3. The van der Waals surface area contributed by atoms with Crippen molar-refractivity contribution in [2.24, 2.45) is 0 Å². The molecule has 6 heteroatoms. The fraction of sp³-hybridized carbons (Fsp3) is 0.350. The molecular formula is C20H20F3N3. The first-order valence-corrected chi connectivity index (χ1v) is 8.88. The van der Waals surface area contributed by atoms with Crippen LogP contribution in [-0.4, -0.2) is 9.55 Å². The zero-order valence-corrected chi connectivity index (χ0v) is 14.3. The molecule has 0 amide bonds. The van der Waals surface area contributed by atoms with Gasteiger partial charge in [0.25, 0.3) is 0 Å². The van der Waals surface area contributed by atoms with Gasteiger partial charge in [-0.15, -0.1) is 0 Å². The van der Waals surface area contributed by atoms with Crippen molar-refractivity contribution in [2.75, 3.05) is 5.73 Å². The minimum atomic E-state index is -4.37. The highest BCUT2D eigenvalue weighted by molar-refractivity contribution is 5.82. The summed E-state index contributed by atoms with van der Waals surface area (Å²) >= 11 is 0. The number of hydrogen-bond acceptors (Lipinski definition) is 2. The van der Waals surface area contributed by atoms with Crippen molar-refractivity contribution in [2.45, 2.75) is 44.3 Å². The molecule has 3 aromatic rings. The van der Waals surface area contributed by atoms with Gasteiger partial charge in [0.05, 0.1) is 16.6 Å². The number of nitrogen functional groups attached to an aromatic ring is 1. The highest BCUT2D eigenvalue weighted by Gasteiger charge is 2.31. The van der Waals surface area contributed by atoms with E-state index in [2.05, 4.69) is 9.55 Å². The van der Waals surface area contributed by atoms with Gasteiger partial charge in [-0.2, -0.15) is 13.2 Å². The van der Waals surface area contributed by atoms with Gasteiger partial charge in [0, 0.05) is 17.3 Å². The van der Waals surface area contributed by atoms with Crippen LogP contribution >= 0.6 is 0 Å². The van der Waals surface area contributed by atoms with E-state index in [-0.39, 0.29) is 6.04 Å².